The molecule has 0 aliphatic heterocycles. The van der Waals surface area contributed by atoms with Gasteiger partial charge in [0.2, 0.25) is 0 Å². The van der Waals surface area contributed by atoms with E-state index in [1.54, 1.807) is 6.07 Å². The van der Waals surface area contributed by atoms with Crippen molar-refractivity contribution in [2.24, 2.45) is 0 Å². The Kier molecular flexibility index (Phi) is 4.31. The molecule has 2 aromatic rings. The summed E-state index contributed by atoms with van der Waals surface area (Å²) in [5.74, 6) is 0. The van der Waals surface area contributed by atoms with Crippen molar-refractivity contribution in [3.8, 4) is 0 Å². The lowest BCUT2D eigenvalue weighted by Crippen LogP contribution is -2.11. The van der Waals surface area contributed by atoms with Gasteiger partial charge in [-0.1, -0.05) is 12.1 Å². The van der Waals surface area contributed by atoms with Crippen LogP contribution in [-0.4, -0.2) is 14.8 Å². The molecule has 2 aromatic carbocycles. The number of non-ortho nitro benzene ring substituents is 1. The van der Waals surface area contributed by atoms with Crippen LogP contribution in [0.3, 0.4) is 0 Å². The van der Waals surface area contributed by atoms with E-state index in [0.717, 1.165) is 18.2 Å². The third-order valence-corrected chi connectivity index (χ3v) is 2.82. The number of hydrogen-bond acceptors (Lipinski definition) is 8. The number of hydrazine groups is 1. The highest BCUT2D eigenvalue weighted by molar-refractivity contribution is 5.70. The van der Waals surface area contributed by atoms with Gasteiger partial charge in [0.05, 0.1) is 20.8 Å². The van der Waals surface area contributed by atoms with Crippen molar-refractivity contribution in [3.63, 3.8) is 0 Å². The molecule has 11 nitrogen and oxygen atoms in total. The summed E-state index contributed by atoms with van der Waals surface area (Å²) in [6.45, 7) is 0. The second kappa shape index (κ2) is 6.34. The predicted molar refractivity (Wildman–Crippen MR) is 80.1 cm³/mol. The number of nitrogens with zero attached hydrogens (tertiary/aromatic N) is 3. The third kappa shape index (κ3) is 3.47. The lowest BCUT2D eigenvalue weighted by molar-refractivity contribution is -0.393. The van der Waals surface area contributed by atoms with Crippen LogP contribution in [0.2, 0.25) is 0 Å². The molecule has 0 bridgehead atoms. The van der Waals surface area contributed by atoms with E-state index in [-0.39, 0.29) is 17.1 Å². The summed E-state index contributed by atoms with van der Waals surface area (Å²) in [4.78, 5) is 30.4. The molecule has 0 aromatic heterocycles. The van der Waals surface area contributed by atoms with E-state index in [1.807, 2.05) is 0 Å². The van der Waals surface area contributed by atoms with Crippen molar-refractivity contribution in [1.29, 1.82) is 0 Å². The van der Waals surface area contributed by atoms with Crippen LogP contribution in [0.4, 0.5) is 28.4 Å². The molecule has 0 amide bonds. The predicted octanol–water partition coefficient (Wildman–Crippen LogP) is 2.85. The molecule has 0 radical (unpaired) electrons. The first kappa shape index (κ1) is 15.6. The molecule has 0 aliphatic rings. The highest BCUT2D eigenvalue weighted by Crippen LogP contribution is 2.30. The van der Waals surface area contributed by atoms with Crippen LogP contribution in [0.5, 0.6) is 0 Å². The zero-order valence-corrected chi connectivity index (χ0v) is 11.3. The van der Waals surface area contributed by atoms with E-state index in [4.69, 9.17) is 0 Å². The van der Waals surface area contributed by atoms with E-state index in [0.29, 0.717) is 0 Å². The summed E-state index contributed by atoms with van der Waals surface area (Å²) in [5, 5.41) is 32.5. The average Bonchev–Trinajstić information content (AvgIpc) is 2.52. The van der Waals surface area contributed by atoms with Crippen molar-refractivity contribution in [2.45, 2.75) is 0 Å². The van der Waals surface area contributed by atoms with Crippen LogP contribution >= 0.6 is 0 Å². The minimum absolute atomic E-state index is 0.0706. The summed E-state index contributed by atoms with van der Waals surface area (Å²) >= 11 is 0. The van der Waals surface area contributed by atoms with Crippen LogP contribution in [0.25, 0.3) is 0 Å². The number of nitrogens with one attached hydrogen (secondary N) is 2. The number of nitro benzene ring substituents is 3. The van der Waals surface area contributed by atoms with Crippen molar-refractivity contribution in [1.82, 2.24) is 0 Å². The molecule has 2 rings (SSSR count). The van der Waals surface area contributed by atoms with E-state index in [9.17, 15) is 30.3 Å². The van der Waals surface area contributed by atoms with Gasteiger partial charge in [-0.3, -0.25) is 41.2 Å². The minimum Gasteiger partial charge on any atom is -0.294 e. The standard InChI is InChI=1S/C12H9N5O6/c18-15(19)8-5-6-10(12(7-8)17(22)23)14-13-9-3-1-2-4-11(9)16(20)21/h1-7,13-14H. The summed E-state index contributed by atoms with van der Waals surface area (Å²) in [6, 6.07) is 8.69. The number of nitro groups is 3. The van der Waals surface area contributed by atoms with E-state index in [1.165, 1.54) is 18.2 Å². The normalized spacial score (nSPS) is 9.91. The topological polar surface area (TPSA) is 153 Å². The number of anilines is 2. The lowest BCUT2D eigenvalue weighted by Gasteiger charge is -2.10. The Balaban J connectivity index is 2.29. The SMILES string of the molecule is O=[N+]([O-])c1ccc(NNc2ccccc2[N+](=O)[O-])c([N+](=O)[O-])c1. The molecule has 0 atom stereocenters. The molecule has 11 heteroatoms. The average molecular weight is 319 g/mol. The number of benzene rings is 2. The Labute approximate surface area is 128 Å². The Morgan fingerprint density at radius 3 is 1.83 bits per heavy atom. The smallest absolute Gasteiger partial charge is 0.294 e. The molecule has 0 fully saturated rings. The first-order valence-corrected chi connectivity index (χ1v) is 6.08. The Morgan fingerprint density at radius 2 is 1.26 bits per heavy atom. The summed E-state index contributed by atoms with van der Waals surface area (Å²) in [5.41, 5.74) is 3.75. The Hall–Kier alpha value is -3.76. The number of rotatable bonds is 6. The molecule has 2 N–H and O–H groups in total. The van der Waals surface area contributed by atoms with Gasteiger partial charge in [0.15, 0.2) is 0 Å². The molecule has 0 aliphatic carbocycles. The van der Waals surface area contributed by atoms with Gasteiger partial charge in [-0.15, -0.1) is 0 Å². The Bertz CT molecular complexity index is 793. The van der Waals surface area contributed by atoms with Crippen LogP contribution in [0.15, 0.2) is 42.5 Å². The maximum atomic E-state index is 11.0. The first-order valence-electron chi connectivity index (χ1n) is 6.08. The summed E-state index contributed by atoms with van der Waals surface area (Å²) in [7, 11) is 0. The summed E-state index contributed by atoms with van der Waals surface area (Å²) < 4.78 is 0. The maximum absolute atomic E-state index is 11.0. The highest BCUT2D eigenvalue weighted by atomic mass is 16.6. The van der Waals surface area contributed by atoms with Crippen molar-refractivity contribution in [2.75, 3.05) is 10.9 Å². The van der Waals surface area contributed by atoms with Gasteiger partial charge in [0.1, 0.15) is 11.4 Å². The molecule has 0 saturated carbocycles. The lowest BCUT2D eigenvalue weighted by atomic mass is 10.2. The molecule has 0 spiro atoms. The van der Waals surface area contributed by atoms with Gasteiger partial charge in [-0.2, -0.15) is 0 Å². The highest BCUT2D eigenvalue weighted by Gasteiger charge is 2.20. The van der Waals surface area contributed by atoms with Crippen molar-refractivity contribution < 1.29 is 14.8 Å². The first-order chi connectivity index (χ1) is 10.9. The second-order valence-corrected chi connectivity index (χ2v) is 4.24. The number of hydrogen-bond donors (Lipinski definition) is 2. The van der Waals surface area contributed by atoms with Crippen molar-refractivity contribution in [3.05, 3.63) is 72.8 Å². The molecule has 118 valence electrons. The second-order valence-electron chi connectivity index (χ2n) is 4.24. The van der Waals surface area contributed by atoms with Crippen molar-refractivity contribution >= 4 is 28.4 Å². The fourth-order valence-corrected chi connectivity index (χ4v) is 1.76. The van der Waals surface area contributed by atoms with Gasteiger partial charge < -0.3 is 0 Å². The number of para-hydroxylation sites is 2. The van der Waals surface area contributed by atoms with Crippen LogP contribution in [-0.2, 0) is 0 Å². The Morgan fingerprint density at radius 1 is 0.696 bits per heavy atom. The fourth-order valence-electron chi connectivity index (χ4n) is 1.76. The maximum Gasteiger partial charge on any atom is 0.300 e. The van der Waals surface area contributed by atoms with E-state index < -0.39 is 26.1 Å². The molecule has 23 heavy (non-hydrogen) atoms. The summed E-state index contributed by atoms with van der Waals surface area (Å²) in [6.07, 6.45) is 0. The zero-order valence-electron chi connectivity index (χ0n) is 11.3. The van der Waals surface area contributed by atoms with Gasteiger partial charge in [0, 0.05) is 12.1 Å². The van der Waals surface area contributed by atoms with E-state index >= 15 is 0 Å². The largest absolute Gasteiger partial charge is 0.300 e. The minimum atomic E-state index is -0.795. The van der Waals surface area contributed by atoms with Gasteiger partial charge in [0.25, 0.3) is 11.4 Å². The molecule has 0 saturated heterocycles. The quantitative estimate of drug-likeness (QED) is 0.608. The molecular weight excluding hydrogens is 310 g/mol. The monoisotopic (exact) mass is 319 g/mol. The fraction of sp³-hybridized carbons (Fsp3) is 0. The van der Waals surface area contributed by atoms with Gasteiger partial charge in [-0.05, 0) is 12.1 Å². The van der Waals surface area contributed by atoms with Crippen LogP contribution in [0, 0.1) is 30.3 Å². The van der Waals surface area contributed by atoms with E-state index in [2.05, 4.69) is 10.9 Å². The molecule has 0 heterocycles. The van der Waals surface area contributed by atoms with Crippen LogP contribution < -0.4 is 10.9 Å². The third-order valence-electron chi connectivity index (χ3n) is 2.82. The zero-order chi connectivity index (χ0) is 17.0. The molecule has 0 unspecified atom stereocenters. The van der Waals surface area contributed by atoms with Gasteiger partial charge in [-0.25, -0.2) is 0 Å². The van der Waals surface area contributed by atoms with Gasteiger partial charge >= 0.3 is 5.69 Å². The van der Waals surface area contributed by atoms with Crippen LogP contribution in [0.1, 0.15) is 0 Å². The molecular formula is C12H9N5O6.